The maximum atomic E-state index is 11.4. The van der Waals surface area contributed by atoms with E-state index in [0.29, 0.717) is 10.9 Å². The topological polar surface area (TPSA) is 95.1 Å². The molecule has 0 saturated heterocycles. The monoisotopic (exact) mass is 205 g/mol. The molecular weight excluding hydrogens is 198 g/mol. The van der Waals surface area contributed by atoms with E-state index >= 15 is 0 Å². The molecule has 0 bridgehead atoms. The van der Waals surface area contributed by atoms with Crippen molar-refractivity contribution in [2.75, 3.05) is 0 Å². The molecule has 0 saturated carbocycles. The van der Waals surface area contributed by atoms with Gasteiger partial charge in [-0.1, -0.05) is 0 Å². The molecule has 6 nitrogen and oxygen atoms in total. The van der Waals surface area contributed by atoms with Crippen molar-refractivity contribution in [3.63, 3.8) is 0 Å². The molecule has 15 heavy (non-hydrogen) atoms. The number of benzene rings is 1. The van der Waals surface area contributed by atoms with Gasteiger partial charge in [-0.05, 0) is 18.2 Å². The highest BCUT2D eigenvalue weighted by Crippen LogP contribution is 2.08. The zero-order chi connectivity index (χ0) is 10.8. The van der Waals surface area contributed by atoms with Crippen molar-refractivity contribution in [2.24, 2.45) is 0 Å². The van der Waals surface area contributed by atoms with E-state index < -0.39 is 5.91 Å². The van der Waals surface area contributed by atoms with E-state index in [1.54, 1.807) is 0 Å². The van der Waals surface area contributed by atoms with Crippen molar-refractivity contribution in [3.8, 4) is 0 Å². The number of rotatable bonds is 1. The molecule has 0 unspecified atom stereocenters. The van der Waals surface area contributed by atoms with Gasteiger partial charge in [0.05, 0.1) is 17.2 Å². The second-order valence-corrected chi connectivity index (χ2v) is 2.90. The van der Waals surface area contributed by atoms with Crippen molar-refractivity contribution < 1.29 is 10.0 Å². The largest absolute Gasteiger partial charge is 0.313 e. The molecule has 2 rings (SSSR count). The van der Waals surface area contributed by atoms with Crippen LogP contribution in [0.25, 0.3) is 10.9 Å². The average molecular weight is 205 g/mol. The summed E-state index contributed by atoms with van der Waals surface area (Å²) in [5, 5.41) is 8.73. The van der Waals surface area contributed by atoms with Crippen LogP contribution in [0.2, 0.25) is 0 Å². The Morgan fingerprint density at radius 2 is 2.27 bits per heavy atom. The first kappa shape index (κ1) is 9.35. The number of carbonyl (C=O) groups excluding carboxylic acids is 1. The summed E-state index contributed by atoms with van der Waals surface area (Å²) in [5.41, 5.74) is 1.86. The van der Waals surface area contributed by atoms with Crippen molar-refractivity contribution in [3.05, 3.63) is 40.4 Å². The van der Waals surface area contributed by atoms with Gasteiger partial charge in [0.15, 0.2) is 0 Å². The molecule has 0 fully saturated rings. The number of aromatic amines is 1. The second-order valence-electron chi connectivity index (χ2n) is 2.90. The van der Waals surface area contributed by atoms with Gasteiger partial charge in [0.25, 0.3) is 11.5 Å². The first-order valence-corrected chi connectivity index (χ1v) is 4.14. The Balaban J connectivity index is 2.70. The van der Waals surface area contributed by atoms with Crippen molar-refractivity contribution in [1.29, 1.82) is 0 Å². The first-order valence-electron chi connectivity index (χ1n) is 4.14. The number of nitrogens with zero attached hydrogens (tertiary/aromatic N) is 1. The van der Waals surface area contributed by atoms with Crippen molar-refractivity contribution in [1.82, 2.24) is 15.4 Å². The van der Waals surface area contributed by atoms with Crippen molar-refractivity contribution in [2.45, 2.75) is 0 Å². The summed E-state index contributed by atoms with van der Waals surface area (Å²) in [6.45, 7) is 0. The zero-order valence-electron chi connectivity index (χ0n) is 7.52. The maximum absolute atomic E-state index is 11.4. The molecule has 1 aromatic carbocycles. The van der Waals surface area contributed by atoms with Crippen LogP contribution in [0.3, 0.4) is 0 Å². The molecule has 0 aliphatic heterocycles. The third-order valence-corrected chi connectivity index (χ3v) is 2.00. The lowest BCUT2D eigenvalue weighted by atomic mass is 10.1. The predicted molar refractivity (Wildman–Crippen MR) is 51.6 cm³/mol. The fourth-order valence-electron chi connectivity index (χ4n) is 1.27. The summed E-state index contributed by atoms with van der Waals surface area (Å²) >= 11 is 0. The summed E-state index contributed by atoms with van der Waals surface area (Å²) in [5.74, 6) is -0.667. The standard InChI is InChI=1S/C9H7N3O3/c13-8(12-15)5-1-2-7-6(3-5)9(14)11-4-10-7/h1-4,15H,(H,12,13)(H,10,11,14). The molecule has 3 N–H and O–H groups in total. The van der Waals surface area contributed by atoms with Crippen molar-refractivity contribution >= 4 is 16.8 Å². The predicted octanol–water partition coefficient (Wildman–Crippen LogP) is 0.0421. The lowest BCUT2D eigenvalue weighted by Gasteiger charge is -1.99. The smallest absolute Gasteiger partial charge is 0.274 e. The van der Waals surface area contributed by atoms with Gasteiger partial charge in [0, 0.05) is 5.56 Å². The fourth-order valence-corrected chi connectivity index (χ4v) is 1.27. The van der Waals surface area contributed by atoms with Crippen LogP contribution in [0.5, 0.6) is 0 Å². The van der Waals surface area contributed by atoms with Crippen LogP contribution < -0.4 is 11.0 Å². The molecule has 0 aliphatic carbocycles. The molecular formula is C9H7N3O3. The molecule has 0 atom stereocenters. The van der Waals surface area contributed by atoms with E-state index in [1.807, 2.05) is 0 Å². The first-order chi connectivity index (χ1) is 7.22. The number of carbonyl (C=O) groups is 1. The van der Waals surface area contributed by atoms with Crippen LogP contribution in [0, 0.1) is 0 Å². The quantitative estimate of drug-likeness (QED) is 0.452. The van der Waals surface area contributed by atoms with E-state index in [2.05, 4.69) is 9.97 Å². The third kappa shape index (κ3) is 1.57. The minimum Gasteiger partial charge on any atom is -0.313 e. The molecule has 0 radical (unpaired) electrons. The van der Waals surface area contributed by atoms with Crippen LogP contribution >= 0.6 is 0 Å². The number of nitrogens with one attached hydrogen (secondary N) is 2. The number of H-pyrrole nitrogens is 1. The van der Waals surface area contributed by atoms with Gasteiger partial charge in [-0.2, -0.15) is 0 Å². The minimum atomic E-state index is -0.667. The minimum absolute atomic E-state index is 0.198. The third-order valence-electron chi connectivity index (χ3n) is 2.00. The van der Waals surface area contributed by atoms with E-state index in [0.717, 1.165) is 0 Å². The maximum Gasteiger partial charge on any atom is 0.274 e. The lowest BCUT2D eigenvalue weighted by Crippen LogP contribution is -2.19. The summed E-state index contributed by atoms with van der Waals surface area (Å²) < 4.78 is 0. The Kier molecular flexibility index (Phi) is 2.18. The van der Waals surface area contributed by atoms with Gasteiger partial charge >= 0.3 is 0 Å². The fraction of sp³-hybridized carbons (Fsp3) is 0. The molecule has 2 aromatic rings. The van der Waals surface area contributed by atoms with Gasteiger partial charge in [0.2, 0.25) is 0 Å². The molecule has 6 heteroatoms. The zero-order valence-corrected chi connectivity index (χ0v) is 7.52. The molecule has 0 spiro atoms. The van der Waals surface area contributed by atoms with Gasteiger partial charge in [-0.25, -0.2) is 10.5 Å². The summed E-state index contributed by atoms with van der Waals surface area (Å²) in [4.78, 5) is 28.7. The Morgan fingerprint density at radius 1 is 1.47 bits per heavy atom. The van der Waals surface area contributed by atoms with Gasteiger partial charge in [-0.3, -0.25) is 14.8 Å². The van der Waals surface area contributed by atoms with E-state index in [-0.39, 0.29) is 11.1 Å². The second kappa shape index (κ2) is 3.50. The van der Waals surface area contributed by atoms with Gasteiger partial charge in [-0.15, -0.1) is 0 Å². The van der Waals surface area contributed by atoms with Crippen LogP contribution in [0.1, 0.15) is 10.4 Å². The Hall–Kier alpha value is -2.21. The van der Waals surface area contributed by atoms with Crippen LogP contribution in [0.15, 0.2) is 29.3 Å². The number of fused-ring (bicyclic) bond motifs is 1. The van der Waals surface area contributed by atoms with Gasteiger partial charge in [0.1, 0.15) is 0 Å². The highest BCUT2D eigenvalue weighted by molar-refractivity contribution is 5.97. The van der Waals surface area contributed by atoms with E-state index in [9.17, 15) is 9.59 Å². The summed E-state index contributed by atoms with van der Waals surface area (Å²) in [6, 6.07) is 4.38. The highest BCUT2D eigenvalue weighted by atomic mass is 16.5. The normalized spacial score (nSPS) is 10.2. The van der Waals surface area contributed by atoms with Crippen LogP contribution in [-0.4, -0.2) is 21.1 Å². The SMILES string of the molecule is O=C(NO)c1ccc2nc[nH]c(=O)c2c1. The van der Waals surface area contributed by atoms with E-state index in [1.165, 1.54) is 30.0 Å². The Bertz CT molecular complexity index is 576. The van der Waals surface area contributed by atoms with E-state index in [4.69, 9.17) is 5.21 Å². The van der Waals surface area contributed by atoms with Crippen LogP contribution in [-0.2, 0) is 0 Å². The molecule has 0 aliphatic rings. The lowest BCUT2D eigenvalue weighted by molar-refractivity contribution is 0.0706. The van der Waals surface area contributed by atoms with Crippen LogP contribution in [0.4, 0.5) is 0 Å². The summed E-state index contributed by atoms with van der Waals surface area (Å²) in [7, 11) is 0. The number of aromatic nitrogens is 2. The molecule has 1 heterocycles. The molecule has 1 amide bonds. The molecule has 76 valence electrons. The molecule has 1 aromatic heterocycles. The number of hydroxylamine groups is 1. The Labute approximate surface area is 83.5 Å². The number of hydrogen-bond acceptors (Lipinski definition) is 4. The Morgan fingerprint density at radius 3 is 3.00 bits per heavy atom. The average Bonchev–Trinajstić information content (AvgIpc) is 2.28. The number of amides is 1. The summed E-state index contributed by atoms with van der Waals surface area (Å²) in [6.07, 6.45) is 1.29. The highest BCUT2D eigenvalue weighted by Gasteiger charge is 2.06. The number of hydrogen-bond donors (Lipinski definition) is 3. The van der Waals surface area contributed by atoms with Gasteiger partial charge < -0.3 is 4.98 Å².